The Morgan fingerprint density at radius 2 is 1.76 bits per heavy atom. The van der Waals surface area contributed by atoms with Crippen molar-refractivity contribution in [2.24, 2.45) is 5.41 Å². The minimum atomic E-state index is -1.07. The third kappa shape index (κ3) is 3.67. The van der Waals surface area contributed by atoms with Crippen LogP contribution in [0.5, 0.6) is 0 Å². The average Bonchev–Trinajstić information content (AvgIpc) is 3.57. The smallest absolute Gasteiger partial charge is 0.356 e. The lowest BCUT2D eigenvalue weighted by atomic mass is 9.63. The maximum Gasteiger partial charge on any atom is 0.356 e. The van der Waals surface area contributed by atoms with Crippen molar-refractivity contribution in [3.8, 4) is 11.3 Å². The summed E-state index contributed by atoms with van der Waals surface area (Å²) in [6, 6.07) is 8.73. The minimum absolute atomic E-state index is 0.0431. The Morgan fingerprint density at radius 1 is 1.06 bits per heavy atom. The fourth-order valence-corrected chi connectivity index (χ4v) is 5.70. The van der Waals surface area contributed by atoms with E-state index in [-0.39, 0.29) is 11.1 Å². The van der Waals surface area contributed by atoms with Gasteiger partial charge in [0.25, 0.3) is 0 Å². The topological polar surface area (TPSA) is 92.3 Å². The van der Waals surface area contributed by atoms with E-state index >= 15 is 0 Å². The molecule has 1 spiro atoms. The molecule has 1 saturated heterocycles. The van der Waals surface area contributed by atoms with E-state index in [2.05, 4.69) is 26.3 Å². The van der Waals surface area contributed by atoms with Gasteiger partial charge in [0.15, 0.2) is 11.5 Å². The molecule has 9 heteroatoms. The van der Waals surface area contributed by atoms with Crippen molar-refractivity contribution in [2.75, 3.05) is 18.0 Å². The highest BCUT2D eigenvalue weighted by Crippen LogP contribution is 2.56. The predicted molar refractivity (Wildman–Crippen MR) is 129 cm³/mol. The van der Waals surface area contributed by atoms with Gasteiger partial charge in [0, 0.05) is 30.1 Å². The van der Waals surface area contributed by atoms with Gasteiger partial charge in [0.2, 0.25) is 0 Å². The first kappa shape index (κ1) is 21.6. The summed E-state index contributed by atoms with van der Waals surface area (Å²) in [5, 5.41) is 22.5. The second kappa shape index (κ2) is 8.10. The number of carboxylic acids is 1. The highest BCUT2D eigenvalue weighted by Gasteiger charge is 2.44. The van der Waals surface area contributed by atoms with Crippen molar-refractivity contribution in [1.29, 1.82) is 0 Å². The average molecular weight is 497 g/mol. The summed E-state index contributed by atoms with van der Waals surface area (Å²) in [6.45, 7) is 1.68. The molecule has 0 amide bonds. The lowest BCUT2D eigenvalue weighted by molar-refractivity contribution is 0.0689. The van der Waals surface area contributed by atoms with Gasteiger partial charge in [0.1, 0.15) is 11.5 Å². The van der Waals surface area contributed by atoms with Crippen molar-refractivity contribution < 1.29 is 14.4 Å². The van der Waals surface area contributed by atoms with Crippen molar-refractivity contribution in [3.63, 3.8) is 0 Å². The fourth-order valence-electron chi connectivity index (χ4n) is 5.12. The van der Waals surface area contributed by atoms with Crippen molar-refractivity contribution in [1.82, 2.24) is 15.4 Å². The van der Waals surface area contributed by atoms with Crippen LogP contribution < -0.4 is 4.90 Å². The summed E-state index contributed by atoms with van der Waals surface area (Å²) in [4.78, 5) is 13.2. The number of anilines is 1. The Bertz CT molecular complexity index is 1290. The SMILES string of the molecule is O=C(O)c1ccc(N2CCC3(C=C(c4c(-c5c(Cl)cccc5Cl)noc4C4CC4)C3)CC2)nn1. The predicted octanol–water partition coefficient (Wildman–Crippen LogP) is 6.09. The summed E-state index contributed by atoms with van der Waals surface area (Å²) >= 11 is 13.0. The summed E-state index contributed by atoms with van der Waals surface area (Å²) in [7, 11) is 0. The van der Waals surface area contributed by atoms with Gasteiger partial charge in [-0.15, -0.1) is 10.2 Å². The second-order valence-corrected chi connectivity index (χ2v) is 10.2. The molecule has 1 aromatic carbocycles. The first-order valence-electron chi connectivity index (χ1n) is 11.4. The van der Waals surface area contributed by atoms with E-state index in [1.807, 2.05) is 18.2 Å². The van der Waals surface area contributed by atoms with Crippen LogP contribution >= 0.6 is 23.2 Å². The molecule has 0 bridgehead atoms. The van der Waals surface area contributed by atoms with E-state index in [0.29, 0.717) is 21.8 Å². The molecule has 2 fully saturated rings. The van der Waals surface area contributed by atoms with E-state index in [4.69, 9.17) is 32.8 Å². The number of benzene rings is 1. The Labute approximate surface area is 206 Å². The maximum absolute atomic E-state index is 11.0. The van der Waals surface area contributed by atoms with E-state index in [0.717, 1.165) is 67.8 Å². The number of hydrogen-bond donors (Lipinski definition) is 1. The van der Waals surface area contributed by atoms with Gasteiger partial charge in [-0.3, -0.25) is 0 Å². The first-order chi connectivity index (χ1) is 16.4. The molecule has 7 nitrogen and oxygen atoms in total. The first-order valence-corrected chi connectivity index (χ1v) is 12.2. The highest BCUT2D eigenvalue weighted by molar-refractivity contribution is 6.39. The molecular weight excluding hydrogens is 475 g/mol. The number of hydrogen-bond acceptors (Lipinski definition) is 6. The molecule has 0 unspecified atom stereocenters. The quantitative estimate of drug-likeness (QED) is 0.456. The van der Waals surface area contributed by atoms with Crippen LogP contribution in [0.3, 0.4) is 0 Å². The maximum atomic E-state index is 11.0. The van der Waals surface area contributed by atoms with Crippen molar-refractivity contribution in [3.05, 3.63) is 63.5 Å². The number of nitrogens with zero attached hydrogens (tertiary/aromatic N) is 4. The van der Waals surface area contributed by atoms with Gasteiger partial charge in [0.05, 0.1) is 10.0 Å². The number of piperidine rings is 1. The van der Waals surface area contributed by atoms with E-state index in [1.54, 1.807) is 6.07 Å². The van der Waals surface area contributed by atoms with Gasteiger partial charge < -0.3 is 14.5 Å². The minimum Gasteiger partial charge on any atom is -0.476 e. The van der Waals surface area contributed by atoms with Crippen LogP contribution in [0.1, 0.15) is 59.8 Å². The third-order valence-electron chi connectivity index (χ3n) is 7.16. The zero-order valence-electron chi connectivity index (χ0n) is 18.3. The molecule has 0 atom stereocenters. The number of aromatic nitrogens is 3. The second-order valence-electron chi connectivity index (χ2n) is 9.42. The molecule has 0 radical (unpaired) electrons. The molecule has 3 aromatic rings. The Kier molecular flexibility index (Phi) is 5.15. The molecule has 1 N–H and O–H groups in total. The lowest BCUT2D eigenvalue weighted by Crippen LogP contribution is -2.42. The molecule has 2 aromatic heterocycles. The van der Waals surface area contributed by atoms with Gasteiger partial charge in [-0.05, 0) is 67.4 Å². The Morgan fingerprint density at radius 3 is 2.35 bits per heavy atom. The van der Waals surface area contributed by atoms with E-state index < -0.39 is 5.97 Å². The normalized spacial score (nSPS) is 19.1. The standard InChI is InChI=1S/C25H22Cl2N4O3/c26-16-2-1-3-17(27)21(16)22-20(23(34-30-22)14-4-5-14)15-12-25(13-15)8-10-31(11-9-25)19-7-6-18(24(32)33)28-29-19/h1-3,6-7,12,14H,4-5,8-11,13H2,(H,32,33). The van der Waals surface area contributed by atoms with Crippen LogP contribution in [0, 0.1) is 5.41 Å². The summed E-state index contributed by atoms with van der Waals surface area (Å²) in [5.41, 5.74) is 3.90. The summed E-state index contributed by atoms with van der Waals surface area (Å²) in [6.07, 6.45) is 7.56. The number of halogens is 2. The van der Waals surface area contributed by atoms with Crippen molar-refractivity contribution >= 4 is 40.6 Å². The highest BCUT2D eigenvalue weighted by atomic mass is 35.5. The molecule has 2 aliphatic carbocycles. The van der Waals surface area contributed by atoms with Crippen LogP contribution in [0.25, 0.3) is 16.8 Å². The zero-order valence-corrected chi connectivity index (χ0v) is 19.8. The third-order valence-corrected chi connectivity index (χ3v) is 7.79. The molecule has 1 aliphatic heterocycles. The van der Waals surface area contributed by atoms with E-state index in [1.165, 1.54) is 11.6 Å². The molecule has 6 rings (SSSR count). The van der Waals surface area contributed by atoms with Crippen LogP contribution in [0.4, 0.5) is 5.82 Å². The van der Waals surface area contributed by atoms with Crippen LogP contribution in [0.15, 0.2) is 40.9 Å². The van der Waals surface area contributed by atoms with Crippen LogP contribution in [0.2, 0.25) is 10.0 Å². The molecular formula is C25H22Cl2N4O3. The van der Waals surface area contributed by atoms with Crippen LogP contribution in [-0.2, 0) is 0 Å². The van der Waals surface area contributed by atoms with Crippen molar-refractivity contribution in [2.45, 2.75) is 38.0 Å². The largest absolute Gasteiger partial charge is 0.476 e. The monoisotopic (exact) mass is 496 g/mol. The number of allylic oxidation sites excluding steroid dienone is 2. The Hall–Kier alpha value is -2.90. The number of carboxylic acid groups (broad SMARTS) is 1. The van der Waals surface area contributed by atoms with Crippen LogP contribution in [-0.4, -0.2) is 39.5 Å². The zero-order chi connectivity index (χ0) is 23.4. The lowest BCUT2D eigenvalue weighted by Gasteiger charge is -2.46. The number of aromatic carboxylic acids is 1. The summed E-state index contributed by atoms with van der Waals surface area (Å²) in [5.74, 6) is 1.03. The van der Waals surface area contributed by atoms with Gasteiger partial charge >= 0.3 is 5.97 Å². The van der Waals surface area contributed by atoms with Gasteiger partial charge in [-0.25, -0.2) is 4.79 Å². The van der Waals surface area contributed by atoms with Gasteiger partial charge in [-0.1, -0.05) is 40.5 Å². The molecule has 34 heavy (non-hydrogen) atoms. The summed E-state index contributed by atoms with van der Waals surface area (Å²) < 4.78 is 5.84. The number of rotatable bonds is 5. The molecule has 1 saturated carbocycles. The molecule has 3 heterocycles. The molecule has 174 valence electrons. The Balaban J connectivity index is 1.25. The number of carbonyl (C=O) groups is 1. The van der Waals surface area contributed by atoms with Gasteiger partial charge in [-0.2, -0.15) is 0 Å². The fraction of sp³-hybridized carbons (Fsp3) is 0.360. The van der Waals surface area contributed by atoms with E-state index in [9.17, 15) is 4.79 Å². The molecule has 3 aliphatic rings.